The Labute approximate surface area is 136 Å². The largest absolute Gasteiger partial charge is 0.347 e. The Bertz CT molecular complexity index is 591. The van der Waals surface area contributed by atoms with Crippen LogP contribution in [0.25, 0.3) is 0 Å². The molecule has 120 valence electrons. The maximum atomic E-state index is 12.4. The normalized spacial score (nSPS) is 14.7. The summed E-state index contributed by atoms with van der Waals surface area (Å²) in [6.45, 7) is 10.4. The van der Waals surface area contributed by atoms with E-state index in [1.54, 1.807) is 11.8 Å². The molecule has 1 aliphatic heterocycles. The molecule has 1 aliphatic rings. The first-order chi connectivity index (χ1) is 10.2. The molecule has 0 bridgehead atoms. The average molecular weight is 320 g/mol. The van der Waals surface area contributed by atoms with Crippen LogP contribution in [0.1, 0.15) is 45.0 Å². The Morgan fingerprint density at radius 2 is 1.95 bits per heavy atom. The molecule has 1 aromatic carbocycles. The monoisotopic (exact) mass is 320 g/mol. The number of hydrogen-bond acceptors (Lipinski definition) is 3. The van der Waals surface area contributed by atoms with E-state index in [4.69, 9.17) is 0 Å². The van der Waals surface area contributed by atoms with Gasteiger partial charge in [0.1, 0.15) is 0 Å². The third-order valence-electron chi connectivity index (χ3n) is 3.33. The van der Waals surface area contributed by atoms with Gasteiger partial charge in [-0.25, -0.2) is 0 Å². The van der Waals surface area contributed by atoms with Crippen LogP contribution in [-0.2, 0) is 4.79 Å². The molecule has 1 heterocycles. The Morgan fingerprint density at radius 1 is 1.27 bits per heavy atom. The summed E-state index contributed by atoms with van der Waals surface area (Å²) < 4.78 is 0. The van der Waals surface area contributed by atoms with Crippen molar-refractivity contribution in [3.63, 3.8) is 0 Å². The molecular formula is C17H24N2O2S. The predicted molar refractivity (Wildman–Crippen MR) is 91.6 cm³/mol. The number of thioether (sulfide) groups is 1. The van der Waals surface area contributed by atoms with E-state index in [9.17, 15) is 9.59 Å². The van der Waals surface area contributed by atoms with Crippen LogP contribution < -0.4 is 10.2 Å². The summed E-state index contributed by atoms with van der Waals surface area (Å²) in [7, 11) is 0. The molecule has 4 nitrogen and oxygen atoms in total. The van der Waals surface area contributed by atoms with Gasteiger partial charge >= 0.3 is 0 Å². The van der Waals surface area contributed by atoms with Crippen molar-refractivity contribution >= 4 is 29.3 Å². The van der Waals surface area contributed by atoms with Gasteiger partial charge in [-0.2, -0.15) is 0 Å². The van der Waals surface area contributed by atoms with E-state index in [1.165, 1.54) is 0 Å². The minimum atomic E-state index is -0.283. The maximum absolute atomic E-state index is 12.4. The van der Waals surface area contributed by atoms with Crippen LogP contribution >= 0.6 is 11.8 Å². The van der Waals surface area contributed by atoms with Crippen molar-refractivity contribution in [1.29, 1.82) is 0 Å². The van der Waals surface area contributed by atoms with Crippen LogP contribution in [0.5, 0.6) is 0 Å². The minimum absolute atomic E-state index is 0.0528. The second-order valence-corrected chi connectivity index (χ2v) is 8.02. The van der Waals surface area contributed by atoms with Crippen molar-refractivity contribution < 1.29 is 9.59 Å². The number of carbonyl (C=O) groups is 2. The first-order valence-electron chi connectivity index (χ1n) is 7.60. The van der Waals surface area contributed by atoms with Crippen LogP contribution in [0.3, 0.4) is 0 Å². The molecule has 1 aromatic rings. The fourth-order valence-electron chi connectivity index (χ4n) is 2.31. The molecule has 2 amide bonds. The average Bonchev–Trinajstić information content (AvgIpc) is 2.43. The van der Waals surface area contributed by atoms with Crippen molar-refractivity contribution in [3.05, 3.63) is 23.8 Å². The van der Waals surface area contributed by atoms with E-state index in [0.717, 1.165) is 16.3 Å². The highest BCUT2D eigenvalue weighted by molar-refractivity contribution is 7.99. The summed E-state index contributed by atoms with van der Waals surface area (Å²) in [4.78, 5) is 27.6. The number of hydrogen-bond donors (Lipinski definition) is 1. The topological polar surface area (TPSA) is 49.4 Å². The lowest BCUT2D eigenvalue weighted by Gasteiger charge is -2.31. The smallest absolute Gasteiger partial charge is 0.251 e. The van der Waals surface area contributed by atoms with Gasteiger partial charge in [-0.05, 0) is 39.0 Å². The number of rotatable bonds is 2. The Balaban J connectivity index is 2.33. The first-order valence-corrected chi connectivity index (χ1v) is 8.58. The second kappa shape index (κ2) is 6.32. The number of amides is 2. The van der Waals surface area contributed by atoms with Gasteiger partial charge < -0.3 is 10.2 Å². The fourth-order valence-corrected chi connectivity index (χ4v) is 3.29. The zero-order chi connectivity index (χ0) is 16.5. The first kappa shape index (κ1) is 16.9. The Morgan fingerprint density at radius 3 is 2.55 bits per heavy atom. The second-order valence-electron chi connectivity index (χ2n) is 6.88. The third-order valence-corrected chi connectivity index (χ3v) is 4.38. The van der Waals surface area contributed by atoms with Gasteiger partial charge in [0.2, 0.25) is 5.91 Å². The van der Waals surface area contributed by atoms with Crippen molar-refractivity contribution in [2.45, 2.75) is 45.1 Å². The standard InChI is InChI=1S/C17H24N2O2S/c1-11(2)16(21)19-8-9-22-14-7-6-12(10-13(14)19)15(20)18-17(3,4)5/h6-7,10-11H,8-9H2,1-5H3,(H,18,20). The summed E-state index contributed by atoms with van der Waals surface area (Å²) in [5.41, 5.74) is 1.17. The number of benzene rings is 1. The molecule has 0 atom stereocenters. The number of nitrogens with one attached hydrogen (secondary N) is 1. The summed E-state index contributed by atoms with van der Waals surface area (Å²) in [6.07, 6.45) is 0. The molecule has 0 aromatic heterocycles. The lowest BCUT2D eigenvalue weighted by atomic mass is 10.1. The van der Waals surface area contributed by atoms with E-state index in [0.29, 0.717) is 12.1 Å². The van der Waals surface area contributed by atoms with Crippen molar-refractivity contribution in [3.8, 4) is 0 Å². The highest BCUT2D eigenvalue weighted by Crippen LogP contribution is 2.36. The van der Waals surface area contributed by atoms with E-state index >= 15 is 0 Å². The highest BCUT2D eigenvalue weighted by Gasteiger charge is 2.26. The molecule has 5 heteroatoms. The molecule has 22 heavy (non-hydrogen) atoms. The number of fused-ring (bicyclic) bond motifs is 1. The highest BCUT2D eigenvalue weighted by atomic mass is 32.2. The van der Waals surface area contributed by atoms with Crippen molar-refractivity contribution in [2.24, 2.45) is 5.92 Å². The molecule has 0 aliphatic carbocycles. The van der Waals surface area contributed by atoms with Gasteiger partial charge in [0.05, 0.1) is 5.69 Å². The molecule has 0 radical (unpaired) electrons. The zero-order valence-electron chi connectivity index (χ0n) is 13.9. The third kappa shape index (κ3) is 3.83. The Hall–Kier alpha value is -1.49. The van der Waals surface area contributed by atoms with Crippen LogP contribution in [0, 0.1) is 5.92 Å². The number of carbonyl (C=O) groups excluding carboxylic acids is 2. The van der Waals surface area contributed by atoms with Crippen LogP contribution in [0.15, 0.2) is 23.1 Å². The lowest BCUT2D eigenvalue weighted by Crippen LogP contribution is -2.41. The number of nitrogens with zero attached hydrogens (tertiary/aromatic N) is 1. The summed E-state index contributed by atoms with van der Waals surface area (Å²) in [5.74, 6) is 0.833. The van der Waals surface area contributed by atoms with Gasteiger partial charge in [0.15, 0.2) is 0 Å². The van der Waals surface area contributed by atoms with Crippen LogP contribution in [-0.4, -0.2) is 29.7 Å². The summed E-state index contributed by atoms with van der Waals surface area (Å²) in [5, 5.41) is 2.96. The van der Waals surface area contributed by atoms with Crippen molar-refractivity contribution in [2.75, 3.05) is 17.2 Å². The summed E-state index contributed by atoms with van der Waals surface area (Å²) >= 11 is 1.73. The van der Waals surface area contributed by atoms with Crippen LogP contribution in [0.4, 0.5) is 5.69 Å². The minimum Gasteiger partial charge on any atom is -0.347 e. The summed E-state index contributed by atoms with van der Waals surface area (Å²) in [6, 6.07) is 5.61. The van der Waals surface area contributed by atoms with Crippen LogP contribution in [0.2, 0.25) is 0 Å². The zero-order valence-corrected chi connectivity index (χ0v) is 14.7. The molecule has 1 N–H and O–H groups in total. The predicted octanol–water partition coefficient (Wildman–Crippen LogP) is 3.31. The molecule has 0 unspecified atom stereocenters. The molecule has 2 rings (SSSR count). The molecule has 0 saturated carbocycles. The fraction of sp³-hybridized carbons (Fsp3) is 0.529. The van der Waals surface area contributed by atoms with Gasteiger partial charge in [-0.15, -0.1) is 11.8 Å². The molecule has 0 fully saturated rings. The van der Waals surface area contributed by atoms with E-state index in [2.05, 4.69) is 5.32 Å². The SMILES string of the molecule is CC(C)C(=O)N1CCSc2ccc(C(=O)NC(C)(C)C)cc21. The number of anilines is 1. The van der Waals surface area contributed by atoms with E-state index in [1.807, 2.05) is 57.7 Å². The van der Waals surface area contributed by atoms with Gasteiger partial charge in [0.25, 0.3) is 5.91 Å². The van der Waals surface area contributed by atoms with Gasteiger partial charge in [-0.1, -0.05) is 13.8 Å². The van der Waals surface area contributed by atoms with Crippen molar-refractivity contribution in [1.82, 2.24) is 5.32 Å². The van der Waals surface area contributed by atoms with Gasteiger partial charge in [0, 0.05) is 34.2 Å². The Kier molecular flexibility index (Phi) is 4.85. The van der Waals surface area contributed by atoms with E-state index < -0.39 is 0 Å². The molecule has 0 saturated heterocycles. The lowest BCUT2D eigenvalue weighted by molar-refractivity contribution is -0.121. The molecular weight excluding hydrogens is 296 g/mol. The molecule has 0 spiro atoms. The maximum Gasteiger partial charge on any atom is 0.251 e. The van der Waals surface area contributed by atoms with E-state index in [-0.39, 0.29) is 23.3 Å². The van der Waals surface area contributed by atoms with Gasteiger partial charge in [-0.3, -0.25) is 9.59 Å². The quantitative estimate of drug-likeness (QED) is 0.909.